The van der Waals surface area contributed by atoms with Crippen LogP contribution in [-0.4, -0.2) is 0 Å². The second kappa shape index (κ2) is 5.44. The highest BCUT2D eigenvalue weighted by Gasteiger charge is 2.26. The van der Waals surface area contributed by atoms with Crippen LogP contribution in [0, 0.1) is 23.7 Å². The van der Waals surface area contributed by atoms with Gasteiger partial charge in [-0.05, 0) is 40.6 Å². The second-order valence-electron chi connectivity index (χ2n) is 5.92. The maximum atomic E-state index is 4.77. The van der Waals surface area contributed by atoms with Gasteiger partial charge in [-0.15, -0.1) is 12.6 Å². The normalized spacial score (nSPS) is 22.4. The van der Waals surface area contributed by atoms with Crippen molar-refractivity contribution >= 4 is 12.6 Å². The van der Waals surface area contributed by atoms with Crippen LogP contribution >= 0.6 is 12.6 Å². The van der Waals surface area contributed by atoms with Crippen LogP contribution in [0.5, 0.6) is 0 Å². The van der Waals surface area contributed by atoms with Gasteiger partial charge in [-0.3, -0.25) is 0 Å². The summed E-state index contributed by atoms with van der Waals surface area (Å²) in [6.45, 7) is 13.7. The molecule has 16 heavy (non-hydrogen) atoms. The first-order valence-electron chi connectivity index (χ1n) is 6.48. The molecule has 0 heterocycles. The Morgan fingerprint density at radius 1 is 1.06 bits per heavy atom. The van der Waals surface area contributed by atoms with Gasteiger partial charge < -0.3 is 0 Å². The number of hydrogen-bond donors (Lipinski definition) is 1. The van der Waals surface area contributed by atoms with E-state index in [9.17, 15) is 0 Å². The number of rotatable bonds is 3. The van der Waals surface area contributed by atoms with Gasteiger partial charge in [0.1, 0.15) is 0 Å². The lowest BCUT2D eigenvalue weighted by atomic mass is 9.77. The summed E-state index contributed by atoms with van der Waals surface area (Å²) in [5.74, 6) is 2.56. The molecule has 0 nitrogen and oxygen atoms in total. The van der Waals surface area contributed by atoms with Gasteiger partial charge in [0.05, 0.1) is 0 Å². The van der Waals surface area contributed by atoms with Gasteiger partial charge in [0.25, 0.3) is 0 Å². The SMILES string of the molecule is CC(C)C1=CC(C(C)C)=C(S)C(C(C)C)C1. The zero-order valence-electron chi connectivity index (χ0n) is 11.5. The van der Waals surface area contributed by atoms with Crippen molar-refractivity contribution in [2.75, 3.05) is 0 Å². The minimum Gasteiger partial charge on any atom is -0.147 e. The largest absolute Gasteiger partial charge is 0.147 e. The van der Waals surface area contributed by atoms with E-state index in [0.29, 0.717) is 23.7 Å². The van der Waals surface area contributed by atoms with E-state index in [1.54, 1.807) is 5.57 Å². The Morgan fingerprint density at radius 3 is 2.00 bits per heavy atom. The summed E-state index contributed by atoms with van der Waals surface area (Å²) in [7, 11) is 0. The van der Waals surface area contributed by atoms with Gasteiger partial charge in [0.2, 0.25) is 0 Å². The van der Waals surface area contributed by atoms with E-state index in [4.69, 9.17) is 12.6 Å². The highest BCUT2D eigenvalue weighted by molar-refractivity contribution is 7.84. The molecule has 92 valence electrons. The fourth-order valence-corrected chi connectivity index (χ4v) is 3.03. The smallest absolute Gasteiger partial charge is 0.00411 e. The molecule has 1 unspecified atom stereocenters. The van der Waals surface area contributed by atoms with E-state index in [1.165, 1.54) is 16.9 Å². The number of hydrogen-bond acceptors (Lipinski definition) is 1. The third-order valence-electron chi connectivity index (χ3n) is 3.61. The highest BCUT2D eigenvalue weighted by atomic mass is 32.1. The van der Waals surface area contributed by atoms with Crippen molar-refractivity contribution in [3.05, 3.63) is 22.1 Å². The molecular formula is C15H26S. The molecule has 0 fully saturated rings. The number of thiol groups is 1. The molecule has 1 rings (SSSR count). The van der Waals surface area contributed by atoms with Crippen molar-refractivity contribution in [3.8, 4) is 0 Å². The zero-order valence-corrected chi connectivity index (χ0v) is 12.4. The van der Waals surface area contributed by atoms with E-state index in [2.05, 4.69) is 47.6 Å². The first-order chi connectivity index (χ1) is 7.34. The van der Waals surface area contributed by atoms with Gasteiger partial charge in [0.15, 0.2) is 0 Å². The van der Waals surface area contributed by atoms with Gasteiger partial charge in [-0.25, -0.2) is 0 Å². The van der Waals surface area contributed by atoms with Crippen LogP contribution in [0.2, 0.25) is 0 Å². The maximum Gasteiger partial charge on any atom is -0.00411 e. The molecule has 1 atom stereocenters. The van der Waals surface area contributed by atoms with E-state index < -0.39 is 0 Å². The van der Waals surface area contributed by atoms with Crippen LogP contribution in [-0.2, 0) is 0 Å². The molecule has 0 aromatic heterocycles. The highest BCUT2D eigenvalue weighted by Crippen LogP contribution is 2.40. The summed E-state index contributed by atoms with van der Waals surface area (Å²) in [6, 6.07) is 0. The monoisotopic (exact) mass is 238 g/mol. The van der Waals surface area contributed by atoms with Crippen LogP contribution in [0.3, 0.4) is 0 Å². The average Bonchev–Trinajstić information content (AvgIpc) is 2.16. The lowest BCUT2D eigenvalue weighted by Crippen LogP contribution is -2.18. The summed E-state index contributed by atoms with van der Waals surface area (Å²) in [6.07, 6.45) is 3.60. The zero-order chi connectivity index (χ0) is 12.5. The van der Waals surface area contributed by atoms with E-state index >= 15 is 0 Å². The molecule has 0 radical (unpaired) electrons. The molecule has 0 amide bonds. The standard InChI is InChI=1S/C15H26S/c1-9(2)12-7-13(10(3)4)15(16)14(8-12)11(5)6/h7,9-11,14,16H,8H2,1-6H3. The van der Waals surface area contributed by atoms with Gasteiger partial charge in [-0.2, -0.15) is 0 Å². The van der Waals surface area contributed by atoms with Crippen molar-refractivity contribution < 1.29 is 0 Å². The Kier molecular flexibility index (Phi) is 4.73. The summed E-state index contributed by atoms with van der Waals surface area (Å²) in [4.78, 5) is 1.33. The maximum absolute atomic E-state index is 4.77. The summed E-state index contributed by atoms with van der Waals surface area (Å²) in [5, 5.41) is 0. The Morgan fingerprint density at radius 2 is 1.62 bits per heavy atom. The molecule has 0 saturated carbocycles. The van der Waals surface area contributed by atoms with Crippen molar-refractivity contribution in [2.24, 2.45) is 23.7 Å². The average molecular weight is 238 g/mol. The van der Waals surface area contributed by atoms with Gasteiger partial charge >= 0.3 is 0 Å². The minimum absolute atomic E-state index is 0.586. The van der Waals surface area contributed by atoms with Crippen LogP contribution in [0.25, 0.3) is 0 Å². The summed E-state index contributed by atoms with van der Waals surface area (Å²) >= 11 is 4.77. The van der Waals surface area contributed by atoms with Gasteiger partial charge in [-0.1, -0.05) is 53.2 Å². The van der Waals surface area contributed by atoms with Crippen molar-refractivity contribution in [2.45, 2.75) is 48.0 Å². The molecular weight excluding hydrogens is 212 g/mol. The first kappa shape index (κ1) is 13.9. The van der Waals surface area contributed by atoms with Crippen LogP contribution in [0.4, 0.5) is 0 Å². The number of allylic oxidation sites excluding steroid dienone is 4. The Labute approximate surface area is 107 Å². The fraction of sp³-hybridized carbons (Fsp3) is 0.733. The molecule has 1 heteroatoms. The Balaban J connectivity index is 3.11. The molecule has 0 saturated heterocycles. The lowest BCUT2D eigenvalue weighted by molar-refractivity contribution is 0.430. The van der Waals surface area contributed by atoms with Crippen molar-refractivity contribution in [1.82, 2.24) is 0 Å². The summed E-state index contributed by atoms with van der Waals surface area (Å²) < 4.78 is 0. The predicted octanol–water partition coefficient (Wildman–Crippen LogP) is 5.08. The molecule has 0 bridgehead atoms. The molecule has 0 spiro atoms. The van der Waals surface area contributed by atoms with Crippen LogP contribution in [0.15, 0.2) is 22.1 Å². The van der Waals surface area contributed by atoms with Crippen LogP contribution in [0.1, 0.15) is 48.0 Å². The molecule has 0 N–H and O–H groups in total. The van der Waals surface area contributed by atoms with E-state index in [1.807, 2.05) is 0 Å². The summed E-state index contributed by atoms with van der Waals surface area (Å²) in [5.41, 5.74) is 3.05. The second-order valence-corrected chi connectivity index (χ2v) is 6.41. The molecule has 1 aliphatic carbocycles. The van der Waals surface area contributed by atoms with Gasteiger partial charge in [0, 0.05) is 0 Å². The third kappa shape index (κ3) is 2.94. The Bertz CT molecular complexity index is 305. The minimum atomic E-state index is 0.586. The lowest BCUT2D eigenvalue weighted by Gasteiger charge is -2.31. The van der Waals surface area contributed by atoms with Crippen LogP contribution < -0.4 is 0 Å². The molecule has 0 aromatic carbocycles. The molecule has 1 aliphatic rings. The molecule has 0 aliphatic heterocycles. The predicted molar refractivity (Wildman–Crippen MR) is 76.7 cm³/mol. The van der Waals surface area contributed by atoms with Crippen molar-refractivity contribution in [3.63, 3.8) is 0 Å². The quantitative estimate of drug-likeness (QED) is 0.651. The Hall–Kier alpha value is -0.170. The van der Waals surface area contributed by atoms with E-state index in [-0.39, 0.29) is 0 Å². The molecule has 0 aromatic rings. The van der Waals surface area contributed by atoms with Crippen molar-refractivity contribution in [1.29, 1.82) is 0 Å². The first-order valence-corrected chi connectivity index (χ1v) is 6.92. The third-order valence-corrected chi connectivity index (χ3v) is 4.20. The van der Waals surface area contributed by atoms with E-state index in [0.717, 1.165) is 0 Å². The topological polar surface area (TPSA) is 0 Å². The fourth-order valence-electron chi connectivity index (χ4n) is 2.31.